The van der Waals surface area contributed by atoms with Gasteiger partial charge in [0.1, 0.15) is 6.10 Å². The Morgan fingerprint density at radius 1 is 1.56 bits per heavy atom. The van der Waals surface area contributed by atoms with E-state index in [9.17, 15) is 0 Å². The molecule has 0 aromatic carbocycles. The zero-order valence-electron chi connectivity index (χ0n) is 9.36. The lowest BCUT2D eigenvalue weighted by molar-refractivity contribution is 0.160. The molecule has 1 N–H and O–H groups in total. The van der Waals surface area contributed by atoms with Crippen molar-refractivity contribution in [3.05, 3.63) is 23.4 Å². The van der Waals surface area contributed by atoms with Crippen molar-refractivity contribution in [3.8, 4) is 11.9 Å². The smallest absolute Gasteiger partial charge is 0.215 e. The lowest BCUT2D eigenvalue weighted by Gasteiger charge is -2.23. The van der Waals surface area contributed by atoms with E-state index >= 15 is 0 Å². The van der Waals surface area contributed by atoms with Gasteiger partial charge < -0.3 is 10.1 Å². The Morgan fingerprint density at radius 3 is 3.12 bits per heavy atom. The predicted molar refractivity (Wildman–Crippen MR) is 60.2 cm³/mol. The summed E-state index contributed by atoms with van der Waals surface area (Å²) in [5.41, 5.74) is 1.42. The first-order chi connectivity index (χ1) is 7.78. The Balaban J connectivity index is 2.08. The minimum absolute atomic E-state index is 0.176. The molecule has 0 radical (unpaired) electrons. The van der Waals surface area contributed by atoms with E-state index in [4.69, 9.17) is 10.00 Å². The van der Waals surface area contributed by atoms with Gasteiger partial charge in [0.2, 0.25) is 5.88 Å². The van der Waals surface area contributed by atoms with Crippen LogP contribution < -0.4 is 10.1 Å². The van der Waals surface area contributed by atoms with Crippen molar-refractivity contribution in [1.82, 2.24) is 10.3 Å². The minimum atomic E-state index is 0.176. The number of piperidine rings is 1. The maximum Gasteiger partial charge on any atom is 0.215 e. The van der Waals surface area contributed by atoms with E-state index in [0.29, 0.717) is 11.4 Å². The summed E-state index contributed by atoms with van der Waals surface area (Å²) in [6.07, 6.45) is 2.35. The van der Waals surface area contributed by atoms with Gasteiger partial charge in [0.25, 0.3) is 0 Å². The number of rotatable bonds is 2. The standard InChI is InChI=1S/C12H15N3O/c1-9-5-10(7-13)6-12(15-9)16-11-3-2-4-14-8-11/h5-6,11,14H,2-4,8H2,1H3/t11-/m1/s1. The van der Waals surface area contributed by atoms with Gasteiger partial charge in [0.05, 0.1) is 11.6 Å². The van der Waals surface area contributed by atoms with E-state index in [2.05, 4.69) is 16.4 Å². The lowest BCUT2D eigenvalue weighted by atomic mass is 10.1. The monoisotopic (exact) mass is 217 g/mol. The number of hydrogen-bond acceptors (Lipinski definition) is 4. The number of pyridine rings is 1. The van der Waals surface area contributed by atoms with Crippen LogP contribution in [0.1, 0.15) is 24.1 Å². The molecule has 0 aliphatic carbocycles. The van der Waals surface area contributed by atoms with E-state index < -0.39 is 0 Å². The fraction of sp³-hybridized carbons (Fsp3) is 0.500. The number of hydrogen-bond donors (Lipinski definition) is 1. The molecule has 4 nitrogen and oxygen atoms in total. The van der Waals surface area contributed by atoms with E-state index in [1.807, 2.05) is 6.92 Å². The number of nitrogens with one attached hydrogen (secondary N) is 1. The van der Waals surface area contributed by atoms with Crippen LogP contribution in [0.4, 0.5) is 0 Å². The number of nitrogens with zero attached hydrogens (tertiary/aromatic N) is 2. The van der Waals surface area contributed by atoms with Gasteiger partial charge in [-0.2, -0.15) is 5.26 Å². The molecule has 1 saturated heterocycles. The molecule has 2 rings (SSSR count). The maximum absolute atomic E-state index is 8.85. The maximum atomic E-state index is 8.85. The van der Waals surface area contributed by atoms with E-state index in [0.717, 1.165) is 31.6 Å². The molecule has 1 fully saturated rings. The lowest BCUT2D eigenvalue weighted by Crippen LogP contribution is -2.37. The molecule has 84 valence electrons. The minimum Gasteiger partial charge on any atom is -0.473 e. The van der Waals surface area contributed by atoms with Gasteiger partial charge in [-0.3, -0.25) is 0 Å². The zero-order chi connectivity index (χ0) is 11.4. The van der Waals surface area contributed by atoms with Crippen LogP contribution >= 0.6 is 0 Å². The SMILES string of the molecule is Cc1cc(C#N)cc(O[C@@H]2CCCNC2)n1. The Bertz CT molecular complexity index is 405. The number of ether oxygens (including phenoxy) is 1. The van der Waals surface area contributed by atoms with E-state index in [1.54, 1.807) is 12.1 Å². The molecular weight excluding hydrogens is 202 g/mol. The summed E-state index contributed by atoms with van der Waals surface area (Å²) in [4.78, 5) is 4.27. The summed E-state index contributed by atoms with van der Waals surface area (Å²) in [5.74, 6) is 0.560. The highest BCUT2D eigenvalue weighted by Crippen LogP contribution is 2.15. The second-order valence-corrected chi connectivity index (χ2v) is 4.03. The molecule has 1 aromatic heterocycles. The fourth-order valence-electron chi connectivity index (χ4n) is 1.85. The molecule has 4 heteroatoms. The van der Waals surface area contributed by atoms with Crippen LogP contribution in [0.15, 0.2) is 12.1 Å². The number of aromatic nitrogens is 1. The van der Waals surface area contributed by atoms with Gasteiger partial charge in [-0.1, -0.05) is 0 Å². The third-order valence-corrected chi connectivity index (χ3v) is 2.60. The topological polar surface area (TPSA) is 57.9 Å². The zero-order valence-corrected chi connectivity index (χ0v) is 9.36. The van der Waals surface area contributed by atoms with Crippen molar-refractivity contribution >= 4 is 0 Å². The second kappa shape index (κ2) is 4.95. The summed E-state index contributed by atoms with van der Waals surface area (Å²) < 4.78 is 5.75. The molecule has 1 aromatic rings. The highest BCUT2D eigenvalue weighted by atomic mass is 16.5. The molecule has 0 bridgehead atoms. The van der Waals surface area contributed by atoms with Crippen LogP contribution in [0.5, 0.6) is 5.88 Å². The highest BCUT2D eigenvalue weighted by Gasteiger charge is 2.15. The van der Waals surface area contributed by atoms with Crippen molar-refractivity contribution < 1.29 is 4.74 Å². The van der Waals surface area contributed by atoms with Crippen LogP contribution in [-0.2, 0) is 0 Å². The first-order valence-electron chi connectivity index (χ1n) is 5.54. The third-order valence-electron chi connectivity index (χ3n) is 2.60. The second-order valence-electron chi connectivity index (χ2n) is 4.03. The van der Waals surface area contributed by atoms with Crippen molar-refractivity contribution in [2.75, 3.05) is 13.1 Å². The van der Waals surface area contributed by atoms with E-state index in [1.165, 1.54) is 0 Å². The normalized spacial score (nSPS) is 20.1. The molecule has 0 unspecified atom stereocenters. The Labute approximate surface area is 95.3 Å². The molecule has 1 aliphatic heterocycles. The van der Waals surface area contributed by atoms with Gasteiger partial charge in [-0.25, -0.2) is 4.98 Å². The fourth-order valence-corrected chi connectivity index (χ4v) is 1.85. The molecule has 0 saturated carbocycles. The summed E-state index contributed by atoms with van der Waals surface area (Å²) in [5, 5.41) is 12.1. The van der Waals surface area contributed by atoms with Gasteiger partial charge in [-0.05, 0) is 32.4 Å². The predicted octanol–water partition coefficient (Wildman–Crippen LogP) is 1.39. The van der Waals surface area contributed by atoms with Gasteiger partial charge in [-0.15, -0.1) is 0 Å². The van der Waals surface area contributed by atoms with Crippen molar-refractivity contribution in [3.63, 3.8) is 0 Å². The Hall–Kier alpha value is -1.60. The molecule has 0 spiro atoms. The quantitative estimate of drug-likeness (QED) is 0.813. The molecule has 0 amide bonds. The summed E-state index contributed by atoms with van der Waals surface area (Å²) >= 11 is 0. The molecule has 2 heterocycles. The van der Waals surface area contributed by atoms with Gasteiger partial charge in [0.15, 0.2) is 0 Å². The first-order valence-corrected chi connectivity index (χ1v) is 5.54. The van der Waals surface area contributed by atoms with Gasteiger partial charge >= 0.3 is 0 Å². The van der Waals surface area contributed by atoms with Crippen LogP contribution in [0, 0.1) is 18.3 Å². The average molecular weight is 217 g/mol. The van der Waals surface area contributed by atoms with Crippen LogP contribution in [0.3, 0.4) is 0 Å². The average Bonchev–Trinajstić information content (AvgIpc) is 2.29. The number of aryl methyl sites for hydroxylation is 1. The molecule has 16 heavy (non-hydrogen) atoms. The van der Waals surface area contributed by atoms with Crippen molar-refractivity contribution in [2.24, 2.45) is 0 Å². The molecule has 1 aliphatic rings. The first kappa shape index (κ1) is 10.9. The summed E-state index contributed by atoms with van der Waals surface area (Å²) in [7, 11) is 0. The Kier molecular flexibility index (Phi) is 3.37. The van der Waals surface area contributed by atoms with Gasteiger partial charge in [0, 0.05) is 18.3 Å². The van der Waals surface area contributed by atoms with Crippen LogP contribution in [0.2, 0.25) is 0 Å². The van der Waals surface area contributed by atoms with E-state index in [-0.39, 0.29) is 6.10 Å². The third kappa shape index (κ3) is 2.71. The largest absolute Gasteiger partial charge is 0.473 e. The van der Waals surface area contributed by atoms with Crippen LogP contribution in [-0.4, -0.2) is 24.2 Å². The van der Waals surface area contributed by atoms with Crippen LogP contribution in [0.25, 0.3) is 0 Å². The summed E-state index contributed by atoms with van der Waals surface area (Å²) in [6, 6.07) is 5.56. The molecular formula is C12H15N3O. The van der Waals surface area contributed by atoms with Crippen molar-refractivity contribution in [2.45, 2.75) is 25.9 Å². The Morgan fingerprint density at radius 2 is 2.44 bits per heavy atom. The summed E-state index contributed by atoms with van der Waals surface area (Å²) in [6.45, 7) is 3.79. The highest BCUT2D eigenvalue weighted by molar-refractivity contribution is 5.34. The van der Waals surface area contributed by atoms with Crippen molar-refractivity contribution in [1.29, 1.82) is 5.26 Å². The molecule has 1 atom stereocenters. The number of nitriles is 1.